The summed E-state index contributed by atoms with van der Waals surface area (Å²) >= 11 is 0. The molecule has 1 fully saturated rings. The van der Waals surface area contributed by atoms with Crippen molar-refractivity contribution in [2.45, 2.75) is 38.8 Å². The van der Waals surface area contributed by atoms with E-state index >= 15 is 0 Å². The smallest absolute Gasteiger partial charge is 0.0960 e. The zero-order valence-electron chi connectivity index (χ0n) is 9.80. The number of aliphatic hydroxyl groups is 1. The van der Waals surface area contributed by atoms with Crippen LogP contribution < -0.4 is 0 Å². The molecule has 1 aromatic heterocycles. The molecule has 2 rings (SSSR count). The molecule has 16 heavy (non-hydrogen) atoms. The van der Waals surface area contributed by atoms with Crippen molar-refractivity contribution in [1.29, 1.82) is 0 Å². The fraction of sp³-hybridized carbons (Fsp3) is 0.750. The van der Waals surface area contributed by atoms with E-state index in [9.17, 15) is 5.11 Å². The molecular formula is C12H20N2O2. The van der Waals surface area contributed by atoms with Gasteiger partial charge in [0.1, 0.15) is 0 Å². The van der Waals surface area contributed by atoms with E-state index in [0.717, 1.165) is 44.7 Å². The summed E-state index contributed by atoms with van der Waals surface area (Å²) in [5, 5.41) is 14.4. The van der Waals surface area contributed by atoms with E-state index in [-0.39, 0.29) is 0 Å². The first kappa shape index (κ1) is 11.6. The lowest BCUT2D eigenvalue weighted by Crippen LogP contribution is -2.13. The van der Waals surface area contributed by atoms with E-state index in [1.807, 2.05) is 10.7 Å². The molecule has 2 unspecified atom stereocenters. The van der Waals surface area contributed by atoms with Gasteiger partial charge in [-0.15, -0.1) is 0 Å². The van der Waals surface area contributed by atoms with Gasteiger partial charge in [-0.3, -0.25) is 4.68 Å². The van der Waals surface area contributed by atoms with Crippen molar-refractivity contribution in [1.82, 2.24) is 9.78 Å². The topological polar surface area (TPSA) is 47.3 Å². The van der Waals surface area contributed by atoms with Crippen LogP contribution in [-0.2, 0) is 11.3 Å². The number of aryl methyl sites for hydroxylation is 1. The van der Waals surface area contributed by atoms with E-state index in [4.69, 9.17) is 4.74 Å². The Kier molecular flexibility index (Phi) is 3.96. The molecule has 1 aliphatic heterocycles. The lowest BCUT2D eigenvalue weighted by atomic mass is 9.99. The van der Waals surface area contributed by atoms with Crippen LogP contribution in [0, 0.1) is 5.92 Å². The summed E-state index contributed by atoms with van der Waals surface area (Å²) in [6.45, 7) is 4.62. The molecule has 90 valence electrons. The quantitative estimate of drug-likeness (QED) is 0.829. The van der Waals surface area contributed by atoms with Crippen molar-refractivity contribution in [2.75, 3.05) is 13.2 Å². The van der Waals surface area contributed by atoms with Gasteiger partial charge < -0.3 is 9.84 Å². The van der Waals surface area contributed by atoms with Gasteiger partial charge >= 0.3 is 0 Å². The fourth-order valence-corrected chi connectivity index (χ4v) is 2.23. The molecule has 4 heteroatoms. The first-order chi connectivity index (χ1) is 7.81. The van der Waals surface area contributed by atoms with Gasteiger partial charge in [0.25, 0.3) is 0 Å². The van der Waals surface area contributed by atoms with Crippen LogP contribution in [0.25, 0.3) is 0 Å². The van der Waals surface area contributed by atoms with Crippen molar-refractivity contribution in [2.24, 2.45) is 5.92 Å². The van der Waals surface area contributed by atoms with Gasteiger partial charge in [0.2, 0.25) is 0 Å². The molecule has 0 aromatic carbocycles. The van der Waals surface area contributed by atoms with Crippen molar-refractivity contribution >= 4 is 0 Å². The summed E-state index contributed by atoms with van der Waals surface area (Å²) in [6.07, 6.45) is 4.25. The lowest BCUT2D eigenvalue weighted by Gasteiger charge is -2.15. The SMILES string of the molecule is CCCn1nccc1C(O)CC1CCOC1. The Morgan fingerprint density at radius 3 is 3.25 bits per heavy atom. The second-order valence-electron chi connectivity index (χ2n) is 4.46. The fourth-order valence-electron chi connectivity index (χ4n) is 2.23. The molecule has 1 aromatic rings. The van der Waals surface area contributed by atoms with E-state index in [1.165, 1.54) is 0 Å². The highest BCUT2D eigenvalue weighted by Gasteiger charge is 2.22. The maximum atomic E-state index is 10.2. The van der Waals surface area contributed by atoms with Gasteiger partial charge in [-0.2, -0.15) is 5.10 Å². The maximum absolute atomic E-state index is 10.2. The largest absolute Gasteiger partial charge is 0.387 e. The first-order valence-corrected chi connectivity index (χ1v) is 6.08. The van der Waals surface area contributed by atoms with Crippen LogP contribution in [0.15, 0.2) is 12.3 Å². The van der Waals surface area contributed by atoms with Gasteiger partial charge in [-0.25, -0.2) is 0 Å². The minimum absolute atomic E-state index is 0.402. The number of aliphatic hydroxyl groups excluding tert-OH is 1. The lowest BCUT2D eigenvalue weighted by molar-refractivity contribution is 0.122. The molecule has 0 amide bonds. The molecule has 1 saturated heterocycles. The molecule has 0 aliphatic carbocycles. The van der Waals surface area contributed by atoms with Crippen LogP contribution in [0.4, 0.5) is 0 Å². The normalized spacial score (nSPS) is 22.5. The molecular weight excluding hydrogens is 204 g/mol. The average molecular weight is 224 g/mol. The first-order valence-electron chi connectivity index (χ1n) is 6.08. The van der Waals surface area contributed by atoms with Crippen molar-refractivity contribution in [3.63, 3.8) is 0 Å². The summed E-state index contributed by atoms with van der Waals surface area (Å²) in [5.41, 5.74) is 0.939. The monoisotopic (exact) mass is 224 g/mol. The van der Waals surface area contributed by atoms with Crippen LogP contribution in [-0.4, -0.2) is 28.1 Å². The Bertz CT molecular complexity index is 319. The Labute approximate surface area is 96.2 Å². The minimum atomic E-state index is -0.402. The Morgan fingerprint density at radius 1 is 1.69 bits per heavy atom. The zero-order chi connectivity index (χ0) is 11.4. The molecule has 2 atom stereocenters. The summed E-state index contributed by atoms with van der Waals surface area (Å²) in [5.74, 6) is 0.500. The van der Waals surface area contributed by atoms with Gasteiger partial charge in [0.15, 0.2) is 0 Å². The number of nitrogens with zero attached hydrogens (tertiary/aromatic N) is 2. The molecule has 0 radical (unpaired) electrons. The van der Waals surface area contributed by atoms with Crippen LogP contribution in [0.3, 0.4) is 0 Å². The average Bonchev–Trinajstić information content (AvgIpc) is 2.89. The number of rotatable bonds is 5. The predicted molar refractivity (Wildman–Crippen MR) is 61.0 cm³/mol. The van der Waals surface area contributed by atoms with Crippen LogP contribution in [0.2, 0.25) is 0 Å². The Morgan fingerprint density at radius 2 is 2.56 bits per heavy atom. The maximum Gasteiger partial charge on any atom is 0.0960 e. The molecule has 0 saturated carbocycles. The van der Waals surface area contributed by atoms with E-state index < -0.39 is 6.10 Å². The second kappa shape index (κ2) is 5.46. The highest BCUT2D eigenvalue weighted by atomic mass is 16.5. The predicted octanol–water partition coefficient (Wildman–Crippen LogP) is 1.75. The standard InChI is InChI=1S/C12H20N2O2/c1-2-6-14-11(3-5-13-14)12(15)8-10-4-7-16-9-10/h3,5,10,12,15H,2,4,6-9H2,1H3. The molecule has 4 nitrogen and oxygen atoms in total. The molecule has 0 spiro atoms. The third-order valence-corrected chi connectivity index (χ3v) is 3.11. The van der Waals surface area contributed by atoms with Crippen LogP contribution in [0.5, 0.6) is 0 Å². The third kappa shape index (κ3) is 2.62. The van der Waals surface area contributed by atoms with Gasteiger partial charge in [0.05, 0.1) is 11.8 Å². The van der Waals surface area contributed by atoms with Gasteiger partial charge in [-0.05, 0) is 31.2 Å². The molecule has 1 N–H and O–H groups in total. The van der Waals surface area contributed by atoms with Gasteiger partial charge in [0, 0.05) is 26.0 Å². The summed E-state index contributed by atoms with van der Waals surface area (Å²) in [4.78, 5) is 0. The summed E-state index contributed by atoms with van der Waals surface area (Å²) < 4.78 is 7.22. The Hall–Kier alpha value is -0.870. The molecule has 1 aliphatic rings. The number of hydrogen-bond acceptors (Lipinski definition) is 3. The van der Waals surface area contributed by atoms with Gasteiger partial charge in [-0.1, -0.05) is 6.92 Å². The minimum Gasteiger partial charge on any atom is -0.387 e. The highest BCUT2D eigenvalue weighted by Crippen LogP contribution is 2.26. The summed E-state index contributed by atoms with van der Waals surface area (Å²) in [7, 11) is 0. The van der Waals surface area contributed by atoms with Crippen LogP contribution in [0.1, 0.15) is 38.0 Å². The van der Waals surface area contributed by atoms with E-state index in [0.29, 0.717) is 5.92 Å². The number of ether oxygens (including phenoxy) is 1. The van der Waals surface area contributed by atoms with Crippen LogP contribution >= 0.6 is 0 Å². The highest BCUT2D eigenvalue weighted by molar-refractivity contribution is 5.04. The van der Waals surface area contributed by atoms with E-state index in [2.05, 4.69) is 12.0 Å². The summed E-state index contributed by atoms with van der Waals surface area (Å²) in [6, 6.07) is 1.91. The van der Waals surface area contributed by atoms with Crippen molar-refractivity contribution < 1.29 is 9.84 Å². The van der Waals surface area contributed by atoms with E-state index in [1.54, 1.807) is 6.20 Å². The second-order valence-corrected chi connectivity index (χ2v) is 4.46. The number of hydrogen-bond donors (Lipinski definition) is 1. The van der Waals surface area contributed by atoms with Crippen molar-refractivity contribution in [3.8, 4) is 0 Å². The Balaban J connectivity index is 1.96. The zero-order valence-corrected chi connectivity index (χ0v) is 9.80. The third-order valence-electron chi connectivity index (χ3n) is 3.11. The molecule has 2 heterocycles. The number of aromatic nitrogens is 2. The molecule has 0 bridgehead atoms. The van der Waals surface area contributed by atoms with Crippen molar-refractivity contribution in [3.05, 3.63) is 18.0 Å².